The summed E-state index contributed by atoms with van der Waals surface area (Å²) < 4.78 is 5.61. The van der Waals surface area contributed by atoms with E-state index in [0.717, 1.165) is 29.2 Å². The Hall–Kier alpha value is -1.68. The molecule has 1 saturated heterocycles. The highest BCUT2D eigenvalue weighted by Crippen LogP contribution is 2.55. The molecule has 3 nitrogen and oxygen atoms in total. The van der Waals surface area contributed by atoms with Gasteiger partial charge >= 0.3 is 0 Å². The fraction of sp³-hybridized carbons (Fsp3) is 0.214. The van der Waals surface area contributed by atoms with Crippen molar-refractivity contribution in [2.45, 2.75) is 4.87 Å². The SMILES string of the molecule is O=C1c2ccccc2C2(c3ccco3)SCCN12. The zero-order valence-corrected chi connectivity index (χ0v) is 10.4. The summed E-state index contributed by atoms with van der Waals surface area (Å²) in [6.07, 6.45) is 1.67. The molecule has 0 radical (unpaired) electrons. The number of hydrogen-bond acceptors (Lipinski definition) is 3. The molecule has 2 aromatic rings. The maximum atomic E-state index is 12.4. The molecule has 1 aromatic carbocycles. The van der Waals surface area contributed by atoms with Crippen molar-refractivity contribution < 1.29 is 9.21 Å². The minimum atomic E-state index is -0.433. The van der Waals surface area contributed by atoms with Crippen LogP contribution in [0.4, 0.5) is 0 Å². The van der Waals surface area contributed by atoms with Crippen molar-refractivity contribution in [2.75, 3.05) is 12.3 Å². The predicted octanol–water partition coefficient (Wildman–Crippen LogP) is 2.68. The quantitative estimate of drug-likeness (QED) is 0.787. The van der Waals surface area contributed by atoms with Crippen LogP contribution in [0.15, 0.2) is 47.1 Å². The number of fused-ring (bicyclic) bond motifs is 3. The maximum absolute atomic E-state index is 12.4. The lowest BCUT2D eigenvalue weighted by atomic mass is 10.0. The molecular weight excluding hydrogens is 246 g/mol. The van der Waals surface area contributed by atoms with E-state index in [2.05, 4.69) is 0 Å². The van der Waals surface area contributed by atoms with Gasteiger partial charge in [-0.2, -0.15) is 0 Å². The molecular formula is C14H11NO2S. The lowest BCUT2D eigenvalue weighted by molar-refractivity contribution is 0.0737. The largest absolute Gasteiger partial charge is 0.466 e. The first-order valence-electron chi connectivity index (χ1n) is 5.93. The van der Waals surface area contributed by atoms with Gasteiger partial charge in [0.05, 0.1) is 6.26 Å². The highest BCUT2D eigenvalue weighted by Gasteiger charge is 2.55. The van der Waals surface area contributed by atoms with Crippen molar-refractivity contribution in [3.05, 3.63) is 59.5 Å². The molecule has 1 amide bonds. The molecule has 0 N–H and O–H groups in total. The smallest absolute Gasteiger partial charge is 0.256 e. The predicted molar refractivity (Wildman–Crippen MR) is 69.4 cm³/mol. The molecule has 18 heavy (non-hydrogen) atoms. The molecule has 90 valence electrons. The van der Waals surface area contributed by atoms with Crippen molar-refractivity contribution in [1.82, 2.24) is 4.90 Å². The number of carbonyl (C=O) groups is 1. The summed E-state index contributed by atoms with van der Waals surface area (Å²) in [7, 11) is 0. The first kappa shape index (κ1) is 10.3. The van der Waals surface area contributed by atoms with Crippen LogP contribution >= 0.6 is 11.8 Å². The minimum Gasteiger partial charge on any atom is -0.466 e. The van der Waals surface area contributed by atoms with E-state index in [1.54, 1.807) is 18.0 Å². The van der Waals surface area contributed by atoms with E-state index in [1.807, 2.05) is 41.3 Å². The topological polar surface area (TPSA) is 33.5 Å². The number of amides is 1. The van der Waals surface area contributed by atoms with Crippen LogP contribution in [0, 0.1) is 0 Å². The molecule has 0 spiro atoms. The van der Waals surface area contributed by atoms with E-state index in [1.165, 1.54) is 0 Å². The number of hydrogen-bond donors (Lipinski definition) is 0. The Morgan fingerprint density at radius 3 is 2.94 bits per heavy atom. The van der Waals surface area contributed by atoms with E-state index < -0.39 is 4.87 Å². The molecule has 2 aliphatic rings. The summed E-state index contributed by atoms with van der Waals surface area (Å²) in [6, 6.07) is 11.7. The Balaban J connectivity index is 2.03. The number of furan rings is 1. The Labute approximate surface area is 109 Å². The van der Waals surface area contributed by atoms with Crippen LogP contribution in [0.1, 0.15) is 21.7 Å². The Bertz CT molecular complexity index is 622. The fourth-order valence-corrected chi connectivity index (χ4v) is 4.40. The first-order valence-corrected chi connectivity index (χ1v) is 6.92. The van der Waals surface area contributed by atoms with Gasteiger partial charge in [-0.25, -0.2) is 0 Å². The summed E-state index contributed by atoms with van der Waals surface area (Å²) in [5.41, 5.74) is 1.87. The molecule has 1 unspecified atom stereocenters. The van der Waals surface area contributed by atoms with E-state index in [0.29, 0.717) is 0 Å². The zero-order chi connectivity index (χ0) is 12.2. The molecule has 1 aromatic heterocycles. The highest BCUT2D eigenvalue weighted by molar-refractivity contribution is 8.00. The summed E-state index contributed by atoms with van der Waals surface area (Å²) in [5, 5.41) is 0. The summed E-state index contributed by atoms with van der Waals surface area (Å²) in [6.45, 7) is 0.777. The van der Waals surface area contributed by atoms with Gasteiger partial charge in [0.2, 0.25) is 0 Å². The molecule has 2 aliphatic heterocycles. The third-order valence-corrected chi connectivity index (χ3v) is 5.07. The summed E-state index contributed by atoms with van der Waals surface area (Å²) >= 11 is 1.78. The second-order valence-electron chi connectivity index (χ2n) is 4.47. The number of thioether (sulfide) groups is 1. The number of rotatable bonds is 1. The molecule has 0 saturated carbocycles. The van der Waals surface area contributed by atoms with Crippen LogP contribution in [0.25, 0.3) is 0 Å². The minimum absolute atomic E-state index is 0.118. The van der Waals surface area contributed by atoms with Gasteiger partial charge < -0.3 is 9.32 Å². The maximum Gasteiger partial charge on any atom is 0.256 e. The van der Waals surface area contributed by atoms with Crippen LogP contribution in [0.2, 0.25) is 0 Å². The van der Waals surface area contributed by atoms with Crippen LogP contribution in [0.3, 0.4) is 0 Å². The van der Waals surface area contributed by atoms with Gasteiger partial charge in [0, 0.05) is 23.4 Å². The number of nitrogens with zero attached hydrogens (tertiary/aromatic N) is 1. The monoisotopic (exact) mass is 257 g/mol. The fourth-order valence-electron chi connectivity index (χ4n) is 2.91. The van der Waals surface area contributed by atoms with E-state index >= 15 is 0 Å². The first-order chi connectivity index (χ1) is 8.84. The second-order valence-corrected chi connectivity index (χ2v) is 5.76. The van der Waals surface area contributed by atoms with Crippen LogP contribution in [-0.4, -0.2) is 23.1 Å². The molecule has 0 bridgehead atoms. The van der Waals surface area contributed by atoms with Crippen molar-refractivity contribution in [3.8, 4) is 0 Å². The van der Waals surface area contributed by atoms with E-state index in [9.17, 15) is 4.79 Å². The van der Waals surface area contributed by atoms with Crippen molar-refractivity contribution in [3.63, 3.8) is 0 Å². The summed E-state index contributed by atoms with van der Waals surface area (Å²) in [5.74, 6) is 1.91. The van der Waals surface area contributed by atoms with Gasteiger partial charge in [-0.3, -0.25) is 4.79 Å². The van der Waals surface area contributed by atoms with Gasteiger partial charge in [0.25, 0.3) is 5.91 Å². The molecule has 3 heterocycles. The van der Waals surface area contributed by atoms with Crippen molar-refractivity contribution in [2.24, 2.45) is 0 Å². The lowest BCUT2D eigenvalue weighted by Crippen LogP contribution is -2.37. The van der Waals surface area contributed by atoms with Gasteiger partial charge in [-0.05, 0) is 18.2 Å². The molecule has 0 aliphatic carbocycles. The van der Waals surface area contributed by atoms with Crippen LogP contribution in [0.5, 0.6) is 0 Å². The Morgan fingerprint density at radius 2 is 2.11 bits per heavy atom. The molecule has 1 fully saturated rings. The Kier molecular flexibility index (Phi) is 1.95. The number of benzene rings is 1. The highest BCUT2D eigenvalue weighted by atomic mass is 32.2. The van der Waals surface area contributed by atoms with E-state index in [4.69, 9.17) is 4.42 Å². The Morgan fingerprint density at radius 1 is 1.22 bits per heavy atom. The van der Waals surface area contributed by atoms with Crippen molar-refractivity contribution in [1.29, 1.82) is 0 Å². The van der Waals surface area contributed by atoms with Gasteiger partial charge in [0.1, 0.15) is 5.76 Å². The van der Waals surface area contributed by atoms with Crippen molar-refractivity contribution >= 4 is 17.7 Å². The third kappa shape index (κ3) is 1.04. The third-order valence-electron chi connectivity index (χ3n) is 3.63. The van der Waals surface area contributed by atoms with Gasteiger partial charge in [-0.1, -0.05) is 18.2 Å². The molecule has 4 rings (SSSR count). The van der Waals surface area contributed by atoms with Crippen LogP contribution < -0.4 is 0 Å². The standard InChI is InChI=1S/C14H11NO2S/c16-13-10-4-1-2-5-11(10)14(12-6-3-8-17-12)15(13)7-9-18-14/h1-6,8H,7,9H2. The zero-order valence-electron chi connectivity index (χ0n) is 9.63. The van der Waals surface area contributed by atoms with E-state index in [-0.39, 0.29) is 5.91 Å². The van der Waals surface area contributed by atoms with Gasteiger partial charge in [-0.15, -0.1) is 11.8 Å². The molecule has 4 heteroatoms. The number of carbonyl (C=O) groups excluding carboxylic acids is 1. The van der Waals surface area contributed by atoms with Crippen LogP contribution in [-0.2, 0) is 4.87 Å². The normalized spacial score (nSPS) is 25.3. The average Bonchev–Trinajstić information content (AvgIpc) is 3.09. The second kappa shape index (κ2) is 3.42. The summed E-state index contributed by atoms with van der Waals surface area (Å²) in [4.78, 5) is 13.9. The van der Waals surface area contributed by atoms with Gasteiger partial charge in [0.15, 0.2) is 4.87 Å². The average molecular weight is 257 g/mol. The molecule has 1 atom stereocenters. The lowest BCUT2D eigenvalue weighted by Gasteiger charge is -2.29.